The standard InChI is InChI=1S/C25H36N4O2S/c1-2-3-4-5-6-10-13-22-27-28-25(32-22)26-24(31)21-16-18-29(19-17-21)23(30)15-14-20-11-8-7-9-12-20/h7-9,11-12,21H,2-6,10,13-19H2,1H3,(H,26,28,31). The van der Waals surface area contributed by atoms with Crippen LogP contribution in [0.1, 0.15) is 75.3 Å². The van der Waals surface area contributed by atoms with E-state index in [1.165, 1.54) is 49.0 Å². The number of anilines is 1. The molecule has 2 heterocycles. The summed E-state index contributed by atoms with van der Waals surface area (Å²) >= 11 is 1.48. The maximum Gasteiger partial charge on any atom is 0.229 e. The maximum absolute atomic E-state index is 12.6. The van der Waals surface area contributed by atoms with E-state index < -0.39 is 0 Å². The average molecular weight is 457 g/mol. The van der Waals surface area contributed by atoms with Crippen LogP contribution in [-0.2, 0) is 22.4 Å². The second-order valence-electron chi connectivity index (χ2n) is 8.65. The summed E-state index contributed by atoms with van der Waals surface area (Å²) in [6, 6.07) is 10.1. The first-order valence-electron chi connectivity index (χ1n) is 12.1. The molecule has 2 amide bonds. The minimum Gasteiger partial charge on any atom is -0.343 e. The molecule has 1 aromatic heterocycles. The zero-order valence-corrected chi connectivity index (χ0v) is 20.0. The molecule has 2 aromatic rings. The normalized spacial score (nSPS) is 14.5. The van der Waals surface area contributed by atoms with Crippen LogP contribution in [0.4, 0.5) is 5.13 Å². The summed E-state index contributed by atoms with van der Waals surface area (Å²) in [5.41, 5.74) is 1.18. The minimum absolute atomic E-state index is 0.00338. The van der Waals surface area contributed by atoms with Crippen LogP contribution in [0, 0.1) is 5.92 Å². The predicted octanol–water partition coefficient (Wildman–Crippen LogP) is 5.25. The number of hydrogen-bond acceptors (Lipinski definition) is 5. The van der Waals surface area contributed by atoms with Crippen molar-refractivity contribution in [3.63, 3.8) is 0 Å². The fourth-order valence-electron chi connectivity index (χ4n) is 4.11. The second-order valence-corrected chi connectivity index (χ2v) is 9.71. The second kappa shape index (κ2) is 13.3. The van der Waals surface area contributed by atoms with Crippen LogP contribution in [0.25, 0.3) is 0 Å². The van der Waals surface area contributed by atoms with Gasteiger partial charge in [0.25, 0.3) is 0 Å². The third-order valence-electron chi connectivity index (χ3n) is 6.13. The number of carbonyl (C=O) groups is 2. The SMILES string of the molecule is CCCCCCCCc1nnc(NC(=O)C2CCN(C(=O)CCc3ccccc3)CC2)s1. The van der Waals surface area contributed by atoms with Gasteiger partial charge in [-0.15, -0.1) is 10.2 Å². The van der Waals surface area contributed by atoms with Crippen molar-refractivity contribution in [2.24, 2.45) is 5.92 Å². The van der Waals surface area contributed by atoms with E-state index in [2.05, 4.69) is 34.6 Å². The average Bonchev–Trinajstić information content (AvgIpc) is 3.27. The third kappa shape index (κ3) is 8.01. The van der Waals surface area contributed by atoms with Gasteiger partial charge in [-0.25, -0.2) is 0 Å². The van der Waals surface area contributed by atoms with Crippen molar-refractivity contribution in [2.45, 2.75) is 77.6 Å². The Morgan fingerprint density at radius 1 is 1.00 bits per heavy atom. The lowest BCUT2D eigenvalue weighted by atomic mass is 9.95. The molecule has 0 atom stereocenters. The number of amides is 2. The minimum atomic E-state index is -0.0703. The monoisotopic (exact) mass is 456 g/mol. The van der Waals surface area contributed by atoms with Gasteiger partial charge in [-0.3, -0.25) is 9.59 Å². The summed E-state index contributed by atoms with van der Waals surface area (Å²) in [5, 5.41) is 12.9. The van der Waals surface area contributed by atoms with Crippen molar-refractivity contribution in [1.82, 2.24) is 15.1 Å². The third-order valence-corrected chi connectivity index (χ3v) is 7.03. The Labute approximate surface area is 195 Å². The van der Waals surface area contributed by atoms with Crippen LogP contribution in [0.3, 0.4) is 0 Å². The topological polar surface area (TPSA) is 75.2 Å². The van der Waals surface area contributed by atoms with Crippen LogP contribution >= 0.6 is 11.3 Å². The Bertz CT molecular complexity index is 831. The van der Waals surface area contributed by atoms with Crippen LogP contribution in [0.15, 0.2) is 30.3 Å². The smallest absolute Gasteiger partial charge is 0.229 e. The number of nitrogens with one attached hydrogen (secondary N) is 1. The summed E-state index contributed by atoms with van der Waals surface area (Å²) in [5.74, 6) is 0.110. The molecule has 0 radical (unpaired) electrons. The molecule has 6 nitrogen and oxygen atoms in total. The molecule has 1 aromatic carbocycles. The summed E-state index contributed by atoms with van der Waals surface area (Å²) < 4.78 is 0. The van der Waals surface area contributed by atoms with Gasteiger partial charge < -0.3 is 10.2 Å². The van der Waals surface area contributed by atoms with Gasteiger partial charge in [-0.1, -0.05) is 80.7 Å². The molecule has 7 heteroatoms. The highest BCUT2D eigenvalue weighted by molar-refractivity contribution is 7.15. The number of carbonyl (C=O) groups excluding carboxylic acids is 2. The number of aromatic nitrogens is 2. The molecule has 1 saturated heterocycles. The molecular weight excluding hydrogens is 420 g/mol. The number of rotatable bonds is 12. The Kier molecular flexibility index (Phi) is 10.1. The lowest BCUT2D eigenvalue weighted by Crippen LogP contribution is -2.41. The largest absolute Gasteiger partial charge is 0.343 e. The zero-order chi connectivity index (χ0) is 22.6. The van der Waals surface area contributed by atoms with E-state index in [0.29, 0.717) is 37.5 Å². The number of nitrogens with zero attached hydrogens (tertiary/aromatic N) is 3. The predicted molar refractivity (Wildman–Crippen MR) is 130 cm³/mol. The van der Waals surface area contributed by atoms with Crippen LogP contribution in [-0.4, -0.2) is 40.0 Å². The molecule has 1 N–H and O–H groups in total. The highest BCUT2D eigenvalue weighted by Gasteiger charge is 2.27. The van der Waals surface area contributed by atoms with Gasteiger partial charge in [0.15, 0.2) is 0 Å². The first-order valence-corrected chi connectivity index (χ1v) is 12.9. The zero-order valence-electron chi connectivity index (χ0n) is 19.2. The Hall–Kier alpha value is -2.28. The Morgan fingerprint density at radius 2 is 1.72 bits per heavy atom. The van der Waals surface area contributed by atoms with Crippen LogP contribution in [0.2, 0.25) is 0 Å². The van der Waals surface area contributed by atoms with Gasteiger partial charge in [-0.05, 0) is 31.2 Å². The molecule has 0 aliphatic carbocycles. The molecule has 0 saturated carbocycles. The van der Waals surface area contributed by atoms with E-state index in [9.17, 15) is 9.59 Å². The first-order chi connectivity index (χ1) is 15.7. The van der Waals surface area contributed by atoms with E-state index >= 15 is 0 Å². The number of piperidine rings is 1. The lowest BCUT2D eigenvalue weighted by Gasteiger charge is -2.31. The highest BCUT2D eigenvalue weighted by atomic mass is 32.1. The summed E-state index contributed by atoms with van der Waals surface area (Å²) in [4.78, 5) is 27.1. The van der Waals surface area contributed by atoms with Gasteiger partial charge in [0.2, 0.25) is 16.9 Å². The van der Waals surface area contributed by atoms with E-state index in [1.807, 2.05) is 23.1 Å². The molecule has 3 rings (SSSR count). The highest BCUT2D eigenvalue weighted by Crippen LogP contribution is 2.23. The number of aryl methyl sites for hydroxylation is 2. The molecule has 1 fully saturated rings. The van der Waals surface area contributed by atoms with E-state index in [4.69, 9.17) is 0 Å². The van der Waals surface area contributed by atoms with Crippen molar-refractivity contribution in [2.75, 3.05) is 18.4 Å². The Morgan fingerprint density at radius 3 is 2.47 bits per heavy atom. The number of unbranched alkanes of at least 4 members (excludes halogenated alkanes) is 5. The molecule has 0 bridgehead atoms. The first kappa shape index (κ1) is 24.4. The number of benzene rings is 1. The van der Waals surface area contributed by atoms with Crippen molar-refractivity contribution in [3.8, 4) is 0 Å². The molecular formula is C25H36N4O2S. The van der Waals surface area contributed by atoms with Gasteiger partial charge >= 0.3 is 0 Å². The van der Waals surface area contributed by atoms with Gasteiger partial charge in [0.1, 0.15) is 5.01 Å². The molecule has 0 unspecified atom stereocenters. The quantitative estimate of drug-likeness (QED) is 0.443. The van der Waals surface area contributed by atoms with Crippen molar-refractivity contribution in [1.29, 1.82) is 0 Å². The molecule has 174 valence electrons. The Balaban J connectivity index is 1.34. The number of likely N-dealkylation sites (tertiary alicyclic amines) is 1. The van der Waals surface area contributed by atoms with E-state index in [0.717, 1.165) is 24.3 Å². The summed E-state index contributed by atoms with van der Waals surface area (Å²) in [7, 11) is 0. The van der Waals surface area contributed by atoms with Gasteiger partial charge in [0, 0.05) is 31.8 Å². The van der Waals surface area contributed by atoms with Crippen molar-refractivity contribution >= 4 is 28.3 Å². The fourth-order valence-corrected chi connectivity index (χ4v) is 4.90. The van der Waals surface area contributed by atoms with Crippen molar-refractivity contribution in [3.05, 3.63) is 40.9 Å². The summed E-state index contributed by atoms with van der Waals surface area (Å²) in [6.07, 6.45) is 11.1. The molecule has 1 aliphatic rings. The maximum atomic E-state index is 12.6. The molecule has 1 aliphatic heterocycles. The van der Waals surface area contributed by atoms with Gasteiger partial charge in [-0.2, -0.15) is 0 Å². The van der Waals surface area contributed by atoms with Crippen molar-refractivity contribution < 1.29 is 9.59 Å². The fraction of sp³-hybridized carbons (Fsp3) is 0.600. The van der Waals surface area contributed by atoms with Crippen LogP contribution in [0.5, 0.6) is 0 Å². The lowest BCUT2D eigenvalue weighted by molar-refractivity contribution is -0.134. The molecule has 32 heavy (non-hydrogen) atoms. The van der Waals surface area contributed by atoms with E-state index in [-0.39, 0.29) is 17.7 Å². The van der Waals surface area contributed by atoms with Crippen LogP contribution < -0.4 is 5.32 Å². The number of hydrogen-bond donors (Lipinski definition) is 1. The van der Waals surface area contributed by atoms with Gasteiger partial charge in [0.05, 0.1) is 0 Å². The summed E-state index contributed by atoms with van der Waals surface area (Å²) in [6.45, 7) is 3.52. The van der Waals surface area contributed by atoms with E-state index in [1.54, 1.807) is 0 Å². The molecule has 0 spiro atoms.